The molecule has 0 amide bonds. The molecular formula is C17H31IN4O3S. The Labute approximate surface area is 174 Å². The third-order valence-corrected chi connectivity index (χ3v) is 4.22. The quantitative estimate of drug-likeness (QED) is 0.198. The molecule has 0 heterocycles. The molecule has 0 radical (unpaired) electrons. The van der Waals surface area contributed by atoms with E-state index in [9.17, 15) is 8.42 Å². The van der Waals surface area contributed by atoms with Gasteiger partial charge in [-0.3, -0.25) is 4.99 Å². The van der Waals surface area contributed by atoms with Crippen molar-refractivity contribution < 1.29 is 13.2 Å². The number of benzene rings is 1. The van der Waals surface area contributed by atoms with Crippen molar-refractivity contribution in [2.24, 2.45) is 4.99 Å². The molecule has 0 atom stereocenters. The largest absolute Gasteiger partial charge is 0.496 e. The molecule has 1 aromatic rings. The lowest BCUT2D eigenvalue weighted by Crippen LogP contribution is -2.38. The Bertz CT molecular complexity index is 666. The summed E-state index contributed by atoms with van der Waals surface area (Å²) >= 11 is 0. The Morgan fingerprint density at radius 1 is 1.23 bits per heavy atom. The monoisotopic (exact) mass is 498 g/mol. The molecule has 0 aliphatic heterocycles. The number of nitrogens with one attached hydrogen (secondary N) is 3. The first-order chi connectivity index (χ1) is 11.9. The van der Waals surface area contributed by atoms with Gasteiger partial charge in [-0.2, -0.15) is 0 Å². The summed E-state index contributed by atoms with van der Waals surface area (Å²) in [6, 6.07) is 6.21. The van der Waals surface area contributed by atoms with Crippen molar-refractivity contribution in [1.82, 2.24) is 15.4 Å². The van der Waals surface area contributed by atoms with E-state index in [-0.39, 0.29) is 24.0 Å². The van der Waals surface area contributed by atoms with E-state index in [0.29, 0.717) is 19.5 Å². The molecular weight excluding hydrogens is 467 g/mol. The molecule has 0 spiro atoms. The maximum absolute atomic E-state index is 11.0. The second-order valence-corrected chi connectivity index (χ2v) is 7.59. The second-order valence-electron chi connectivity index (χ2n) is 5.76. The second kappa shape index (κ2) is 13.2. The minimum Gasteiger partial charge on any atom is -0.496 e. The zero-order chi connectivity index (χ0) is 18.7. The van der Waals surface area contributed by atoms with Gasteiger partial charge in [0.15, 0.2) is 5.96 Å². The van der Waals surface area contributed by atoms with Crippen LogP contribution in [0.3, 0.4) is 0 Å². The van der Waals surface area contributed by atoms with Gasteiger partial charge in [-0.1, -0.05) is 12.1 Å². The molecule has 0 unspecified atom stereocenters. The lowest BCUT2D eigenvalue weighted by Gasteiger charge is -2.12. The molecule has 0 saturated carbocycles. The lowest BCUT2D eigenvalue weighted by atomic mass is 10.1. The van der Waals surface area contributed by atoms with Gasteiger partial charge in [0.2, 0.25) is 10.0 Å². The van der Waals surface area contributed by atoms with Crippen molar-refractivity contribution in [1.29, 1.82) is 0 Å². The smallest absolute Gasteiger partial charge is 0.208 e. The Kier molecular flexibility index (Phi) is 12.6. The molecule has 26 heavy (non-hydrogen) atoms. The van der Waals surface area contributed by atoms with Gasteiger partial charge in [0.25, 0.3) is 0 Å². The number of guanidine groups is 1. The van der Waals surface area contributed by atoms with Gasteiger partial charge in [0.05, 0.1) is 13.4 Å². The van der Waals surface area contributed by atoms with Crippen LogP contribution in [0.25, 0.3) is 0 Å². The number of rotatable bonds is 10. The molecule has 0 aliphatic rings. The average Bonchev–Trinajstić information content (AvgIpc) is 2.55. The molecule has 3 N–H and O–H groups in total. The zero-order valence-electron chi connectivity index (χ0n) is 16.0. The van der Waals surface area contributed by atoms with Crippen LogP contribution in [0.4, 0.5) is 0 Å². The Morgan fingerprint density at radius 2 is 1.96 bits per heavy atom. The summed E-state index contributed by atoms with van der Waals surface area (Å²) in [5, 5.41) is 6.47. The van der Waals surface area contributed by atoms with Crippen molar-refractivity contribution in [3.05, 3.63) is 29.3 Å². The van der Waals surface area contributed by atoms with Crippen LogP contribution >= 0.6 is 24.0 Å². The molecule has 0 aromatic heterocycles. The molecule has 0 saturated heterocycles. The van der Waals surface area contributed by atoms with Crippen molar-refractivity contribution in [3.8, 4) is 5.75 Å². The molecule has 0 fully saturated rings. The standard InChI is InChI=1S/C17H30N4O3S.HI/c1-5-18-17(19-10-6-11-21-25(4,22)23)20-12-9-15-8-7-14(2)16(13-15)24-3;/h7-8,13,21H,5-6,9-12H2,1-4H3,(H2,18,19,20);1H. The average molecular weight is 498 g/mol. The normalized spacial score (nSPS) is 11.6. The minimum atomic E-state index is -3.13. The highest BCUT2D eigenvalue weighted by atomic mass is 127. The van der Waals surface area contributed by atoms with Crippen LogP contribution in [0.5, 0.6) is 5.75 Å². The van der Waals surface area contributed by atoms with Crippen LogP contribution < -0.4 is 20.1 Å². The van der Waals surface area contributed by atoms with E-state index in [0.717, 1.165) is 43.0 Å². The molecule has 1 rings (SSSR count). The predicted molar refractivity (Wildman–Crippen MR) is 118 cm³/mol. The van der Waals surface area contributed by atoms with Crippen LogP contribution in [0.2, 0.25) is 0 Å². The number of sulfonamides is 1. The first-order valence-corrected chi connectivity index (χ1v) is 10.3. The maximum atomic E-state index is 11.0. The van der Waals surface area contributed by atoms with E-state index in [1.54, 1.807) is 7.11 Å². The highest BCUT2D eigenvalue weighted by Crippen LogP contribution is 2.18. The number of nitrogens with zero attached hydrogens (tertiary/aromatic N) is 1. The van der Waals surface area contributed by atoms with Crippen LogP contribution in [-0.4, -0.2) is 53.9 Å². The van der Waals surface area contributed by atoms with E-state index in [2.05, 4.69) is 38.5 Å². The van der Waals surface area contributed by atoms with Gasteiger partial charge in [0.1, 0.15) is 5.75 Å². The number of ether oxygens (including phenoxy) is 1. The summed E-state index contributed by atoms with van der Waals surface area (Å²) in [4.78, 5) is 4.45. The van der Waals surface area contributed by atoms with E-state index in [4.69, 9.17) is 4.74 Å². The summed E-state index contributed by atoms with van der Waals surface area (Å²) < 4.78 is 29.8. The fourth-order valence-electron chi connectivity index (χ4n) is 2.21. The third kappa shape index (κ3) is 10.8. The third-order valence-electron chi connectivity index (χ3n) is 3.49. The fraction of sp³-hybridized carbons (Fsp3) is 0.588. The summed E-state index contributed by atoms with van der Waals surface area (Å²) in [5.74, 6) is 1.64. The first kappa shape index (κ1) is 24.9. The Morgan fingerprint density at radius 3 is 2.58 bits per heavy atom. The fourth-order valence-corrected chi connectivity index (χ4v) is 2.73. The topological polar surface area (TPSA) is 91.8 Å². The number of aryl methyl sites for hydroxylation is 1. The van der Waals surface area contributed by atoms with Gasteiger partial charge >= 0.3 is 0 Å². The maximum Gasteiger partial charge on any atom is 0.208 e. The highest BCUT2D eigenvalue weighted by Gasteiger charge is 2.02. The van der Waals surface area contributed by atoms with Gasteiger partial charge < -0.3 is 15.4 Å². The van der Waals surface area contributed by atoms with Crippen molar-refractivity contribution in [2.75, 3.05) is 39.5 Å². The summed E-state index contributed by atoms with van der Waals surface area (Å²) in [5.41, 5.74) is 2.32. The van der Waals surface area contributed by atoms with Crippen LogP contribution in [0, 0.1) is 6.92 Å². The zero-order valence-corrected chi connectivity index (χ0v) is 19.1. The Balaban J connectivity index is 0.00000625. The predicted octanol–water partition coefficient (Wildman–Crippen LogP) is 1.66. The number of halogens is 1. The van der Waals surface area contributed by atoms with Gasteiger partial charge in [-0.05, 0) is 43.9 Å². The number of hydrogen-bond acceptors (Lipinski definition) is 4. The van der Waals surface area contributed by atoms with Crippen molar-refractivity contribution >= 4 is 40.0 Å². The van der Waals surface area contributed by atoms with Crippen LogP contribution in [0.1, 0.15) is 24.5 Å². The van der Waals surface area contributed by atoms with Crippen molar-refractivity contribution in [3.63, 3.8) is 0 Å². The van der Waals surface area contributed by atoms with E-state index >= 15 is 0 Å². The molecule has 0 aliphatic carbocycles. The summed E-state index contributed by atoms with van der Waals surface area (Å²) in [6.45, 7) is 6.50. The van der Waals surface area contributed by atoms with E-state index in [1.807, 2.05) is 13.8 Å². The minimum absolute atomic E-state index is 0. The molecule has 9 heteroatoms. The molecule has 0 bridgehead atoms. The number of hydrogen-bond donors (Lipinski definition) is 3. The highest BCUT2D eigenvalue weighted by molar-refractivity contribution is 14.0. The SMILES string of the molecule is CCNC(=NCCCNS(C)(=O)=O)NCCc1ccc(C)c(OC)c1.I. The van der Waals surface area contributed by atoms with E-state index < -0.39 is 10.0 Å². The van der Waals surface area contributed by atoms with Gasteiger partial charge in [-0.15, -0.1) is 24.0 Å². The van der Waals surface area contributed by atoms with Crippen molar-refractivity contribution in [2.45, 2.75) is 26.7 Å². The van der Waals surface area contributed by atoms with Crippen LogP contribution in [0.15, 0.2) is 23.2 Å². The summed E-state index contributed by atoms with van der Waals surface area (Å²) in [6.07, 6.45) is 2.66. The van der Waals surface area contributed by atoms with Gasteiger partial charge in [0, 0.05) is 26.2 Å². The molecule has 150 valence electrons. The number of methoxy groups -OCH3 is 1. The van der Waals surface area contributed by atoms with Gasteiger partial charge in [-0.25, -0.2) is 13.1 Å². The molecule has 1 aromatic carbocycles. The summed E-state index contributed by atoms with van der Waals surface area (Å²) in [7, 11) is -1.45. The Hall–Kier alpha value is -1.07. The van der Waals surface area contributed by atoms with Crippen LogP contribution in [-0.2, 0) is 16.4 Å². The molecule has 7 nitrogen and oxygen atoms in total. The van der Waals surface area contributed by atoms with E-state index in [1.165, 1.54) is 5.56 Å². The first-order valence-electron chi connectivity index (χ1n) is 8.46. The number of aliphatic imine (C=N–C) groups is 1. The lowest BCUT2D eigenvalue weighted by molar-refractivity contribution is 0.411.